The molecule has 2 rings (SSSR count). The fourth-order valence-electron chi connectivity index (χ4n) is 1.21. The van der Waals surface area contributed by atoms with Crippen molar-refractivity contribution in [3.05, 3.63) is 22.6 Å². The summed E-state index contributed by atoms with van der Waals surface area (Å²) in [6, 6.07) is 2.74. The van der Waals surface area contributed by atoms with Crippen molar-refractivity contribution < 1.29 is 18.3 Å². The molecular weight excluding hydrogens is 255 g/mol. The van der Waals surface area contributed by atoms with E-state index >= 15 is 0 Å². The Morgan fingerprint density at radius 2 is 2.22 bits per heavy atom. The van der Waals surface area contributed by atoms with Crippen LogP contribution in [0.15, 0.2) is 16.9 Å². The van der Waals surface area contributed by atoms with Gasteiger partial charge < -0.3 is 10.4 Å². The Labute approximate surface area is 97.2 Å². The lowest BCUT2D eigenvalue weighted by Crippen LogP contribution is -2.35. The van der Waals surface area contributed by atoms with Gasteiger partial charge in [-0.25, -0.2) is 9.89 Å². The molecule has 0 aliphatic rings. The number of fused-ring (bicyclic) bond motifs is 1. The SMILES string of the molecule is O=c1[nH]nc2ccc(NCC(O)C(F)(F)F)nn12. The lowest BCUT2D eigenvalue weighted by Gasteiger charge is -2.15. The Balaban J connectivity index is 2.13. The summed E-state index contributed by atoms with van der Waals surface area (Å²) >= 11 is 0. The number of aliphatic hydroxyl groups excluding tert-OH is 1. The predicted molar refractivity (Wildman–Crippen MR) is 54.2 cm³/mol. The molecule has 2 heterocycles. The molecule has 0 amide bonds. The molecular formula is C8H8F3N5O2. The van der Waals surface area contributed by atoms with Gasteiger partial charge in [-0.1, -0.05) is 0 Å². The number of aliphatic hydroxyl groups is 1. The van der Waals surface area contributed by atoms with Crippen molar-refractivity contribution in [1.82, 2.24) is 19.8 Å². The Bertz CT molecular complexity index is 605. The molecule has 7 nitrogen and oxygen atoms in total. The first-order valence-corrected chi connectivity index (χ1v) is 4.81. The molecule has 2 aromatic heterocycles. The second kappa shape index (κ2) is 4.29. The number of hydrogen-bond donors (Lipinski definition) is 3. The van der Waals surface area contributed by atoms with E-state index in [1.54, 1.807) is 0 Å². The molecule has 18 heavy (non-hydrogen) atoms. The molecule has 0 aliphatic heterocycles. The standard InChI is InChI=1S/C8H8F3N5O2/c9-8(10,11)4(17)3-12-5-1-2-6-13-14-7(18)16(6)15-5/h1-2,4,17H,3H2,(H,12,15)(H,14,18). The van der Waals surface area contributed by atoms with Crippen LogP contribution in [0.3, 0.4) is 0 Å². The average molecular weight is 263 g/mol. The van der Waals surface area contributed by atoms with Gasteiger partial charge in [0.05, 0.1) is 6.54 Å². The van der Waals surface area contributed by atoms with Crippen molar-refractivity contribution >= 4 is 11.5 Å². The number of H-pyrrole nitrogens is 1. The highest BCUT2D eigenvalue weighted by atomic mass is 19.4. The van der Waals surface area contributed by atoms with Crippen molar-refractivity contribution in [3.8, 4) is 0 Å². The maximum absolute atomic E-state index is 12.0. The lowest BCUT2D eigenvalue weighted by molar-refractivity contribution is -0.198. The summed E-state index contributed by atoms with van der Waals surface area (Å²) in [5, 5.41) is 20.5. The van der Waals surface area contributed by atoms with Gasteiger partial charge in [0.15, 0.2) is 11.8 Å². The second-order valence-corrected chi connectivity index (χ2v) is 3.46. The van der Waals surface area contributed by atoms with E-state index in [9.17, 15) is 18.0 Å². The van der Waals surface area contributed by atoms with Crippen LogP contribution in [-0.4, -0.2) is 43.7 Å². The molecule has 0 aliphatic carbocycles. The highest BCUT2D eigenvalue weighted by molar-refractivity contribution is 5.42. The molecule has 0 spiro atoms. The van der Waals surface area contributed by atoms with Crippen molar-refractivity contribution in [2.75, 3.05) is 11.9 Å². The third kappa shape index (κ3) is 2.42. The molecule has 0 aromatic carbocycles. The molecule has 2 aromatic rings. The zero-order valence-electron chi connectivity index (χ0n) is 8.77. The largest absolute Gasteiger partial charge is 0.416 e. The van der Waals surface area contributed by atoms with Crippen LogP contribution >= 0.6 is 0 Å². The van der Waals surface area contributed by atoms with E-state index in [0.29, 0.717) is 0 Å². The molecule has 0 saturated carbocycles. The summed E-state index contributed by atoms with van der Waals surface area (Å²) in [5.41, 5.74) is -0.369. The molecule has 0 radical (unpaired) electrons. The van der Waals surface area contributed by atoms with Gasteiger partial charge in [0.2, 0.25) is 0 Å². The van der Waals surface area contributed by atoms with E-state index in [2.05, 4.69) is 20.6 Å². The van der Waals surface area contributed by atoms with Crippen LogP contribution in [0.1, 0.15) is 0 Å². The number of hydrogen-bond acceptors (Lipinski definition) is 5. The first kappa shape index (κ1) is 12.4. The van der Waals surface area contributed by atoms with E-state index < -0.39 is 24.5 Å². The number of aromatic nitrogens is 4. The van der Waals surface area contributed by atoms with Gasteiger partial charge in [-0.2, -0.15) is 22.8 Å². The predicted octanol–water partition coefficient (Wildman–Crippen LogP) is -0.247. The van der Waals surface area contributed by atoms with Crippen LogP contribution in [-0.2, 0) is 0 Å². The number of alkyl halides is 3. The van der Waals surface area contributed by atoms with E-state index in [4.69, 9.17) is 5.11 Å². The van der Waals surface area contributed by atoms with Crippen LogP contribution in [0.5, 0.6) is 0 Å². The minimum absolute atomic E-state index is 0.0225. The van der Waals surface area contributed by atoms with Crippen LogP contribution in [0.2, 0.25) is 0 Å². The van der Waals surface area contributed by atoms with Gasteiger partial charge in [0.1, 0.15) is 5.82 Å². The number of nitrogens with zero attached hydrogens (tertiary/aromatic N) is 3. The normalized spacial score (nSPS) is 13.8. The third-order valence-corrected chi connectivity index (χ3v) is 2.13. The quantitative estimate of drug-likeness (QED) is 0.710. The average Bonchev–Trinajstić information content (AvgIpc) is 2.66. The van der Waals surface area contributed by atoms with Gasteiger partial charge in [-0.05, 0) is 12.1 Å². The molecule has 0 fully saturated rings. The maximum Gasteiger partial charge on any atom is 0.416 e. The zero-order chi connectivity index (χ0) is 13.3. The molecule has 0 saturated heterocycles. The third-order valence-electron chi connectivity index (χ3n) is 2.13. The number of rotatable bonds is 3. The lowest BCUT2D eigenvalue weighted by atomic mass is 10.3. The molecule has 1 atom stereocenters. The van der Waals surface area contributed by atoms with Gasteiger partial charge in [0.25, 0.3) is 0 Å². The topological polar surface area (TPSA) is 95.3 Å². The Morgan fingerprint density at radius 3 is 2.89 bits per heavy atom. The number of aromatic amines is 1. The van der Waals surface area contributed by atoms with Crippen LogP contribution in [0, 0.1) is 0 Å². The fourth-order valence-corrected chi connectivity index (χ4v) is 1.21. The Morgan fingerprint density at radius 1 is 1.50 bits per heavy atom. The number of anilines is 1. The van der Waals surface area contributed by atoms with Crippen LogP contribution < -0.4 is 11.0 Å². The highest BCUT2D eigenvalue weighted by Gasteiger charge is 2.37. The smallest absolute Gasteiger partial charge is 0.382 e. The summed E-state index contributed by atoms with van der Waals surface area (Å²) in [6.45, 7) is -0.755. The molecule has 1 unspecified atom stereocenters. The second-order valence-electron chi connectivity index (χ2n) is 3.46. The van der Waals surface area contributed by atoms with E-state index in [0.717, 1.165) is 4.52 Å². The van der Waals surface area contributed by atoms with Crippen LogP contribution in [0.25, 0.3) is 5.65 Å². The van der Waals surface area contributed by atoms with E-state index in [1.807, 2.05) is 0 Å². The van der Waals surface area contributed by atoms with Gasteiger partial charge in [-0.3, -0.25) is 0 Å². The van der Waals surface area contributed by atoms with Gasteiger partial charge in [-0.15, -0.1) is 5.10 Å². The van der Waals surface area contributed by atoms with Gasteiger partial charge >= 0.3 is 11.9 Å². The Kier molecular flexibility index (Phi) is 2.95. The molecule has 10 heteroatoms. The van der Waals surface area contributed by atoms with Crippen LogP contribution in [0.4, 0.5) is 19.0 Å². The molecule has 3 N–H and O–H groups in total. The summed E-state index contributed by atoms with van der Waals surface area (Å²) < 4.78 is 37.0. The first-order chi connectivity index (χ1) is 8.38. The number of halogens is 3. The van der Waals surface area contributed by atoms with Crippen molar-refractivity contribution in [3.63, 3.8) is 0 Å². The summed E-state index contributed by atoms with van der Waals surface area (Å²) in [6.07, 6.45) is -7.21. The highest BCUT2D eigenvalue weighted by Crippen LogP contribution is 2.20. The maximum atomic E-state index is 12.0. The summed E-state index contributed by atoms with van der Waals surface area (Å²) in [7, 11) is 0. The fraction of sp³-hybridized carbons (Fsp3) is 0.375. The first-order valence-electron chi connectivity index (χ1n) is 4.81. The molecule has 0 bridgehead atoms. The van der Waals surface area contributed by atoms with E-state index in [1.165, 1.54) is 12.1 Å². The number of nitrogens with one attached hydrogen (secondary N) is 2. The van der Waals surface area contributed by atoms with Crippen molar-refractivity contribution in [2.24, 2.45) is 0 Å². The summed E-state index contributed by atoms with van der Waals surface area (Å²) in [4.78, 5) is 11.2. The monoisotopic (exact) mass is 263 g/mol. The zero-order valence-corrected chi connectivity index (χ0v) is 8.77. The minimum Gasteiger partial charge on any atom is -0.382 e. The molecule has 98 valence electrons. The Hall–Kier alpha value is -2.10. The van der Waals surface area contributed by atoms with Crippen molar-refractivity contribution in [1.29, 1.82) is 0 Å². The van der Waals surface area contributed by atoms with E-state index in [-0.39, 0.29) is 11.5 Å². The minimum atomic E-state index is -4.70. The van der Waals surface area contributed by atoms with Crippen molar-refractivity contribution in [2.45, 2.75) is 12.3 Å². The summed E-state index contributed by atoms with van der Waals surface area (Å²) in [5.74, 6) is 0.0225. The van der Waals surface area contributed by atoms with Gasteiger partial charge in [0, 0.05) is 0 Å².